The van der Waals surface area contributed by atoms with E-state index in [0.717, 1.165) is 13.7 Å². The summed E-state index contributed by atoms with van der Waals surface area (Å²) in [4.78, 5) is 48.4. The first-order chi connectivity index (χ1) is 11.9. The molecular formula is C17H18N4O4. The summed E-state index contributed by atoms with van der Waals surface area (Å²) in [5.74, 6) is -0.573. The second-order valence-electron chi connectivity index (χ2n) is 5.29. The van der Waals surface area contributed by atoms with E-state index in [0.29, 0.717) is 11.1 Å². The summed E-state index contributed by atoms with van der Waals surface area (Å²) in [6.07, 6.45) is 2.80. The van der Waals surface area contributed by atoms with E-state index in [1.807, 2.05) is 0 Å². The van der Waals surface area contributed by atoms with E-state index in [1.165, 1.54) is 24.3 Å². The lowest BCUT2D eigenvalue weighted by Gasteiger charge is -2.12. The Bertz CT molecular complexity index is 945. The summed E-state index contributed by atoms with van der Waals surface area (Å²) >= 11 is 0. The van der Waals surface area contributed by atoms with E-state index in [-0.39, 0.29) is 19.6 Å². The Morgan fingerprint density at radius 1 is 0.880 bits per heavy atom. The van der Waals surface area contributed by atoms with Crippen LogP contribution in [0.4, 0.5) is 0 Å². The molecule has 8 nitrogen and oxygen atoms in total. The molecule has 2 rings (SSSR count). The number of hydrogen-bond donors (Lipinski definition) is 1. The van der Waals surface area contributed by atoms with Crippen molar-refractivity contribution in [1.29, 1.82) is 0 Å². The molecule has 0 atom stereocenters. The van der Waals surface area contributed by atoms with Crippen molar-refractivity contribution in [2.75, 3.05) is 0 Å². The quantitative estimate of drug-likeness (QED) is 0.696. The Hall–Kier alpha value is -3.42. The van der Waals surface area contributed by atoms with E-state index in [1.54, 1.807) is 12.1 Å². The molecule has 2 aromatic rings. The third-order valence-corrected chi connectivity index (χ3v) is 3.59. The summed E-state index contributed by atoms with van der Waals surface area (Å²) < 4.78 is 2.80. The Kier molecular flexibility index (Phi) is 5.33. The van der Waals surface area contributed by atoms with E-state index in [4.69, 9.17) is 5.73 Å². The number of aromatic nitrogens is 3. The first kappa shape index (κ1) is 17.9. The van der Waals surface area contributed by atoms with Gasteiger partial charge in [-0.15, -0.1) is 13.2 Å². The molecule has 1 heterocycles. The average molecular weight is 342 g/mol. The second kappa shape index (κ2) is 7.43. The summed E-state index contributed by atoms with van der Waals surface area (Å²) in [6.45, 7) is 6.95. The van der Waals surface area contributed by atoms with Gasteiger partial charge in [0.2, 0.25) is 5.91 Å². The van der Waals surface area contributed by atoms with Crippen LogP contribution in [-0.2, 0) is 19.6 Å². The predicted molar refractivity (Wildman–Crippen MR) is 93.7 cm³/mol. The molecular weight excluding hydrogens is 324 g/mol. The van der Waals surface area contributed by atoms with Gasteiger partial charge in [-0.25, -0.2) is 28.1 Å². The van der Waals surface area contributed by atoms with Gasteiger partial charge >= 0.3 is 17.1 Å². The Morgan fingerprint density at radius 3 is 1.72 bits per heavy atom. The fraction of sp³-hybridized carbons (Fsp3) is 0.176. The standard InChI is InChI=1S/C17H18N4O4/c1-3-9-19-15(23)20(10-4-2)17(25)21(16(19)24)11-12-5-7-13(8-6-12)14(18)22/h3-8H,1-2,9-11H2,(H2,18,22). The minimum absolute atomic E-state index is 0.0182. The smallest absolute Gasteiger partial charge is 0.336 e. The number of allylic oxidation sites excluding steroid dienone is 2. The minimum atomic E-state index is -0.728. The fourth-order valence-corrected chi connectivity index (χ4v) is 2.35. The number of carbonyl (C=O) groups is 1. The van der Waals surface area contributed by atoms with Crippen molar-refractivity contribution in [3.63, 3.8) is 0 Å². The van der Waals surface area contributed by atoms with Crippen LogP contribution in [0, 0.1) is 0 Å². The van der Waals surface area contributed by atoms with E-state index in [9.17, 15) is 19.2 Å². The van der Waals surface area contributed by atoms with Gasteiger partial charge in [0.05, 0.1) is 19.6 Å². The average Bonchev–Trinajstić information content (AvgIpc) is 2.60. The third-order valence-electron chi connectivity index (χ3n) is 3.59. The Labute approximate surface area is 142 Å². The maximum absolute atomic E-state index is 12.5. The van der Waals surface area contributed by atoms with Gasteiger partial charge in [-0.1, -0.05) is 24.3 Å². The lowest BCUT2D eigenvalue weighted by atomic mass is 10.1. The number of primary amides is 1. The number of amides is 1. The number of nitrogens with two attached hydrogens (primary N) is 1. The zero-order chi connectivity index (χ0) is 18.6. The SMILES string of the molecule is C=CCn1c(=O)n(CC=C)c(=O)n(Cc2ccc(C(N)=O)cc2)c1=O. The van der Waals surface area contributed by atoms with Crippen LogP contribution in [0.5, 0.6) is 0 Å². The number of hydrogen-bond acceptors (Lipinski definition) is 4. The van der Waals surface area contributed by atoms with Crippen LogP contribution in [0.3, 0.4) is 0 Å². The van der Waals surface area contributed by atoms with Crippen molar-refractivity contribution in [1.82, 2.24) is 13.7 Å². The molecule has 0 aliphatic carbocycles. The zero-order valence-electron chi connectivity index (χ0n) is 13.6. The summed E-state index contributed by atoms with van der Waals surface area (Å²) in [5.41, 5.74) is 3.94. The van der Waals surface area contributed by atoms with Gasteiger partial charge in [0.15, 0.2) is 0 Å². The highest BCUT2D eigenvalue weighted by Crippen LogP contribution is 2.04. The molecule has 0 bridgehead atoms. The van der Waals surface area contributed by atoms with Crippen LogP contribution >= 0.6 is 0 Å². The highest BCUT2D eigenvalue weighted by molar-refractivity contribution is 5.92. The molecule has 1 aromatic carbocycles. The van der Waals surface area contributed by atoms with Gasteiger partial charge < -0.3 is 5.73 Å². The van der Waals surface area contributed by atoms with Gasteiger partial charge in [0.25, 0.3) is 0 Å². The number of nitrogens with zero attached hydrogens (tertiary/aromatic N) is 3. The largest absolute Gasteiger partial charge is 0.366 e. The van der Waals surface area contributed by atoms with Crippen LogP contribution in [0.1, 0.15) is 15.9 Å². The molecule has 8 heteroatoms. The fourth-order valence-electron chi connectivity index (χ4n) is 2.35. The molecule has 25 heavy (non-hydrogen) atoms. The Morgan fingerprint density at radius 2 is 1.32 bits per heavy atom. The molecule has 2 N–H and O–H groups in total. The van der Waals surface area contributed by atoms with Gasteiger partial charge in [0, 0.05) is 5.56 Å². The highest BCUT2D eigenvalue weighted by atomic mass is 16.2. The maximum Gasteiger partial charge on any atom is 0.336 e. The molecule has 0 fully saturated rings. The topological polar surface area (TPSA) is 109 Å². The summed E-state index contributed by atoms with van der Waals surface area (Å²) in [5, 5.41) is 0. The number of benzene rings is 1. The third kappa shape index (κ3) is 3.57. The van der Waals surface area contributed by atoms with E-state index < -0.39 is 23.0 Å². The van der Waals surface area contributed by atoms with Crippen LogP contribution in [-0.4, -0.2) is 19.6 Å². The lowest BCUT2D eigenvalue weighted by molar-refractivity contribution is 0.100. The first-order valence-corrected chi connectivity index (χ1v) is 7.45. The van der Waals surface area contributed by atoms with E-state index >= 15 is 0 Å². The van der Waals surface area contributed by atoms with Crippen molar-refractivity contribution >= 4 is 5.91 Å². The van der Waals surface area contributed by atoms with Gasteiger partial charge in [0.1, 0.15) is 0 Å². The van der Waals surface area contributed by atoms with Crippen molar-refractivity contribution in [3.05, 3.63) is 92.2 Å². The van der Waals surface area contributed by atoms with Crippen LogP contribution in [0.2, 0.25) is 0 Å². The normalized spacial score (nSPS) is 10.4. The lowest BCUT2D eigenvalue weighted by Crippen LogP contribution is -2.54. The monoisotopic (exact) mass is 342 g/mol. The number of rotatable bonds is 7. The first-order valence-electron chi connectivity index (χ1n) is 7.45. The van der Waals surface area contributed by atoms with Gasteiger partial charge in [-0.3, -0.25) is 4.79 Å². The van der Waals surface area contributed by atoms with Crippen molar-refractivity contribution < 1.29 is 4.79 Å². The van der Waals surface area contributed by atoms with Crippen molar-refractivity contribution in [2.45, 2.75) is 19.6 Å². The zero-order valence-corrected chi connectivity index (χ0v) is 13.6. The van der Waals surface area contributed by atoms with Crippen molar-refractivity contribution in [2.24, 2.45) is 5.73 Å². The van der Waals surface area contributed by atoms with Crippen LogP contribution < -0.4 is 22.8 Å². The molecule has 0 unspecified atom stereocenters. The molecule has 0 radical (unpaired) electrons. The molecule has 0 saturated heterocycles. The predicted octanol–water partition coefficient (Wildman–Crippen LogP) is -0.309. The molecule has 0 aliphatic heterocycles. The molecule has 0 aliphatic rings. The summed E-state index contributed by atoms with van der Waals surface area (Å²) in [6, 6.07) is 6.19. The van der Waals surface area contributed by atoms with Crippen LogP contribution in [0.25, 0.3) is 0 Å². The molecule has 0 spiro atoms. The maximum atomic E-state index is 12.5. The summed E-state index contributed by atoms with van der Waals surface area (Å²) in [7, 11) is 0. The van der Waals surface area contributed by atoms with Gasteiger partial charge in [-0.05, 0) is 17.7 Å². The minimum Gasteiger partial charge on any atom is -0.366 e. The number of carbonyl (C=O) groups excluding carboxylic acids is 1. The Balaban J connectivity index is 2.59. The highest BCUT2D eigenvalue weighted by Gasteiger charge is 2.14. The van der Waals surface area contributed by atoms with E-state index in [2.05, 4.69) is 13.2 Å². The molecule has 0 saturated carbocycles. The molecule has 1 aromatic heterocycles. The molecule has 1 amide bonds. The van der Waals surface area contributed by atoms with Crippen molar-refractivity contribution in [3.8, 4) is 0 Å². The molecule has 130 valence electrons. The second-order valence-corrected chi connectivity index (χ2v) is 5.29. The van der Waals surface area contributed by atoms with Crippen LogP contribution in [0.15, 0.2) is 64.0 Å². The van der Waals surface area contributed by atoms with Gasteiger partial charge in [-0.2, -0.15) is 0 Å².